The monoisotopic (exact) mass is 301 g/mol. The van der Waals surface area contributed by atoms with Crippen molar-refractivity contribution in [3.05, 3.63) is 29.6 Å². The molecule has 3 N–H and O–H groups in total. The third kappa shape index (κ3) is 4.59. The molecule has 8 nitrogen and oxygen atoms in total. The molecule has 0 aliphatic rings. The van der Waals surface area contributed by atoms with Crippen LogP contribution >= 0.6 is 0 Å². The summed E-state index contributed by atoms with van der Waals surface area (Å²) in [6.45, 7) is 1.77. The summed E-state index contributed by atoms with van der Waals surface area (Å²) in [7, 11) is -3.44. The van der Waals surface area contributed by atoms with Gasteiger partial charge in [0.25, 0.3) is 5.91 Å². The minimum atomic E-state index is -3.44. The van der Waals surface area contributed by atoms with Gasteiger partial charge in [0.05, 0.1) is 11.3 Å². The average molecular weight is 301 g/mol. The van der Waals surface area contributed by atoms with Crippen molar-refractivity contribution in [1.29, 1.82) is 0 Å². The van der Waals surface area contributed by atoms with E-state index in [9.17, 15) is 18.0 Å². The molecule has 1 aromatic heterocycles. The van der Waals surface area contributed by atoms with Gasteiger partial charge in [-0.1, -0.05) is 6.92 Å². The van der Waals surface area contributed by atoms with Crippen molar-refractivity contribution in [2.24, 2.45) is 0 Å². The van der Waals surface area contributed by atoms with E-state index < -0.39 is 21.9 Å². The second-order valence-corrected chi connectivity index (χ2v) is 5.70. The maximum Gasteiger partial charge on any atom is 0.338 e. The maximum atomic E-state index is 11.8. The van der Waals surface area contributed by atoms with E-state index in [0.717, 1.165) is 0 Å². The van der Waals surface area contributed by atoms with Crippen LogP contribution in [0, 0.1) is 0 Å². The Hall–Kier alpha value is -2.00. The number of amides is 1. The zero-order chi connectivity index (χ0) is 15.2. The Morgan fingerprint density at radius 2 is 2.10 bits per heavy atom. The van der Waals surface area contributed by atoms with Crippen molar-refractivity contribution in [3.8, 4) is 0 Å². The lowest BCUT2D eigenvalue weighted by molar-refractivity contribution is 0.0690. The number of aromatic carboxylic acids is 1. The maximum absolute atomic E-state index is 11.8. The topological polar surface area (TPSA) is 125 Å². The van der Waals surface area contributed by atoms with Crippen LogP contribution < -0.4 is 10.0 Å². The van der Waals surface area contributed by atoms with Gasteiger partial charge in [0.1, 0.15) is 5.69 Å². The number of nitrogens with zero attached hydrogens (tertiary/aromatic N) is 1. The molecule has 1 heterocycles. The average Bonchev–Trinajstić information content (AvgIpc) is 2.38. The molecule has 1 amide bonds. The quantitative estimate of drug-likeness (QED) is 0.620. The highest BCUT2D eigenvalue weighted by Crippen LogP contribution is 2.04. The Labute approximate surface area is 116 Å². The fourth-order valence-electron chi connectivity index (χ4n) is 1.43. The minimum absolute atomic E-state index is 0.135. The van der Waals surface area contributed by atoms with Crippen LogP contribution in [-0.2, 0) is 10.0 Å². The van der Waals surface area contributed by atoms with Crippen molar-refractivity contribution < 1.29 is 23.1 Å². The highest BCUT2D eigenvalue weighted by molar-refractivity contribution is 7.89. The molecule has 0 bridgehead atoms. The van der Waals surface area contributed by atoms with E-state index >= 15 is 0 Å². The highest BCUT2D eigenvalue weighted by atomic mass is 32.2. The third-order valence-corrected chi connectivity index (χ3v) is 3.74. The van der Waals surface area contributed by atoms with E-state index in [0.29, 0.717) is 0 Å². The first-order valence-electron chi connectivity index (χ1n) is 5.81. The van der Waals surface area contributed by atoms with Gasteiger partial charge in [-0.15, -0.1) is 0 Å². The summed E-state index contributed by atoms with van der Waals surface area (Å²) >= 11 is 0. The first-order chi connectivity index (χ1) is 9.37. The minimum Gasteiger partial charge on any atom is -0.478 e. The van der Waals surface area contributed by atoms with Gasteiger partial charge >= 0.3 is 5.97 Å². The fraction of sp³-hybridized carbons (Fsp3) is 0.364. The Morgan fingerprint density at radius 1 is 1.40 bits per heavy atom. The summed E-state index contributed by atoms with van der Waals surface area (Å²) in [6.07, 6.45) is 1.29. The van der Waals surface area contributed by atoms with Gasteiger partial charge < -0.3 is 10.4 Å². The summed E-state index contributed by atoms with van der Waals surface area (Å²) in [5, 5.41) is 11.2. The van der Waals surface area contributed by atoms with Crippen LogP contribution in [0.1, 0.15) is 27.8 Å². The summed E-state index contributed by atoms with van der Waals surface area (Å²) in [6, 6.07) is 2.65. The fourth-order valence-corrected chi connectivity index (χ4v) is 2.39. The molecule has 0 unspecified atom stereocenters. The van der Waals surface area contributed by atoms with Crippen LogP contribution in [0.5, 0.6) is 0 Å². The van der Waals surface area contributed by atoms with E-state index in [1.807, 2.05) is 0 Å². The predicted octanol–water partition coefficient (Wildman–Crippen LogP) is -0.551. The van der Waals surface area contributed by atoms with Crippen LogP contribution in [0.2, 0.25) is 0 Å². The summed E-state index contributed by atoms with van der Waals surface area (Å²) in [4.78, 5) is 26.4. The largest absolute Gasteiger partial charge is 0.478 e. The molecular formula is C11H15N3O5S. The third-order valence-electron chi connectivity index (χ3n) is 2.27. The van der Waals surface area contributed by atoms with Crippen LogP contribution in [-0.4, -0.2) is 49.2 Å². The van der Waals surface area contributed by atoms with Gasteiger partial charge in [-0.05, 0) is 12.1 Å². The Balaban J connectivity index is 2.67. The Kier molecular flexibility index (Phi) is 5.59. The second-order valence-electron chi connectivity index (χ2n) is 3.78. The number of carbonyl (C=O) groups excluding carboxylic acids is 1. The number of sulfonamides is 1. The van der Waals surface area contributed by atoms with E-state index in [-0.39, 0.29) is 30.1 Å². The molecule has 0 fully saturated rings. The number of pyridine rings is 1. The lowest BCUT2D eigenvalue weighted by Crippen LogP contribution is -2.35. The van der Waals surface area contributed by atoms with Crippen molar-refractivity contribution >= 4 is 21.9 Å². The summed E-state index contributed by atoms with van der Waals surface area (Å²) < 4.78 is 25.0. The summed E-state index contributed by atoms with van der Waals surface area (Å²) in [5.74, 6) is -2.29. The molecule has 1 aromatic rings. The SMILES string of the molecule is CCNS(=O)(=O)CCNC(=O)c1ncccc1C(=O)O. The van der Waals surface area contributed by atoms with E-state index in [1.54, 1.807) is 6.92 Å². The first-order valence-corrected chi connectivity index (χ1v) is 7.46. The molecule has 0 aliphatic carbocycles. The molecule has 9 heteroatoms. The van der Waals surface area contributed by atoms with Gasteiger partial charge in [0.15, 0.2) is 0 Å². The molecule has 0 saturated carbocycles. The molecule has 110 valence electrons. The van der Waals surface area contributed by atoms with Crippen molar-refractivity contribution in [1.82, 2.24) is 15.0 Å². The normalized spacial score (nSPS) is 11.1. The zero-order valence-electron chi connectivity index (χ0n) is 10.8. The van der Waals surface area contributed by atoms with Crippen LogP contribution in [0.25, 0.3) is 0 Å². The van der Waals surface area contributed by atoms with Gasteiger partial charge in [0.2, 0.25) is 10.0 Å². The van der Waals surface area contributed by atoms with E-state index in [4.69, 9.17) is 5.11 Å². The standard InChI is InChI=1S/C11H15N3O5S/c1-2-14-20(18,19)7-6-13-10(15)9-8(11(16)17)4-3-5-12-9/h3-5,14H,2,6-7H2,1H3,(H,13,15)(H,16,17). The lowest BCUT2D eigenvalue weighted by Gasteiger charge is -2.07. The molecule has 0 spiro atoms. The number of carboxylic acid groups (broad SMARTS) is 1. The predicted molar refractivity (Wildman–Crippen MR) is 71.0 cm³/mol. The number of nitrogens with one attached hydrogen (secondary N) is 2. The molecule has 0 atom stereocenters. The number of aromatic nitrogens is 1. The number of carbonyl (C=O) groups is 2. The van der Waals surface area contributed by atoms with Gasteiger partial charge in [0, 0.05) is 19.3 Å². The second kappa shape index (κ2) is 6.96. The molecule has 0 aromatic carbocycles. The lowest BCUT2D eigenvalue weighted by atomic mass is 10.2. The molecule has 20 heavy (non-hydrogen) atoms. The number of carboxylic acids is 1. The molecule has 0 aliphatic heterocycles. The van der Waals surface area contributed by atoms with Crippen molar-refractivity contribution in [2.75, 3.05) is 18.8 Å². The van der Waals surface area contributed by atoms with E-state index in [2.05, 4.69) is 15.0 Å². The molecular weight excluding hydrogens is 286 g/mol. The van der Waals surface area contributed by atoms with Crippen molar-refractivity contribution in [3.63, 3.8) is 0 Å². The Bertz CT molecular complexity index is 600. The van der Waals surface area contributed by atoms with E-state index in [1.165, 1.54) is 18.3 Å². The van der Waals surface area contributed by atoms with Crippen LogP contribution in [0.3, 0.4) is 0 Å². The number of hydrogen-bond donors (Lipinski definition) is 3. The first kappa shape index (κ1) is 16.1. The zero-order valence-corrected chi connectivity index (χ0v) is 11.6. The Morgan fingerprint density at radius 3 is 2.70 bits per heavy atom. The van der Waals surface area contributed by atoms with Gasteiger partial charge in [-0.2, -0.15) is 0 Å². The number of rotatable bonds is 7. The highest BCUT2D eigenvalue weighted by Gasteiger charge is 2.18. The van der Waals surface area contributed by atoms with Gasteiger partial charge in [-0.3, -0.25) is 9.78 Å². The van der Waals surface area contributed by atoms with Gasteiger partial charge in [-0.25, -0.2) is 17.9 Å². The molecule has 0 radical (unpaired) electrons. The smallest absolute Gasteiger partial charge is 0.338 e. The molecule has 0 saturated heterocycles. The van der Waals surface area contributed by atoms with Crippen LogP contribution in [0.15, 0.2) is 18.3 Å². The number of hydrogen-bond acceptors (Lipinski definition) is 5. The van der Waals surface area contributed by atoms with Crippen LogP contribution in [0.4, 0.5) is 0 Å². The van der Waals surface area contributed by atoms with Crippen molar-refractivity contribution in [2.45, 2.75) is 6.92 Å². The molecule has 1 rings (SSSR count). The summed E-state index contributed by atoms with van der Waals surface area (Å²) in [5.41, 5.74) is -0.486.